The number of hydrogen-bond acceptors (Lipinski definition) is 5. The third kappa shape index (κ3) is 3.96. The van der Waals surface area contributed by atoms with Crippen molar-refractivity contribution < 1.29 is 9.18 Å². The second-order valence-corrected chi connectivity index (χ2v) is 8.41. The number of carbonyl (C=O) groups excluding carboxylic acids is 1. The molecule has 3 heterocycles. The number of thiophene rings is 1. The fraction of sp³-hybridized carbons (Fsp3) is 0.409. The van der Waals surface area contributed by atoms with Crippen LogP contribution in [-0.4, -0.2) is 47.0 Å². The Hall–Kier alpha value is -2.54. The summed E-state index contributed by atoms with van der Waals surface area (Å²) in [7, 11) is 0. The predicted molar refractivity (Wildman–Crippen MR) is 116 cm³/mol. The standard InChI is InChI=1S/C22H25FN4OS/c1-3-15(4-2)22(28)27-11-9-26(10-12-27)21-20-18(24-14-25-21)13-19(29-20)16-5-7-17(23)8-6-16/h5-8,13-15H,3-4,9-12H2,1-2H3. The summed E-state index contributed by atoms with van der Waals surface area (Å²) in [6.45, 7) is 7.13. The van der Waals surface area contributed by atoms with Gasteiger partial charge >= 0.3 is 0 Å². The summed E-state index contributed by atoms with van der Waals surface area (Å²) in [6, 6.07) is 8.56. The molecule has 4 rings (SSSR count). The highest BCUT2D eigenvalue weighted by Crippen LogP contribution is 2.37. The maximum Gasteiger partial charge on any atom is 0.225 e. The summed E-state index contributed by atoms with van der Waals surface area (Å²) in [5.74, 6) is 1.08. The molecule has 2 aromatic heterocycles. The maximum atomic E-state index is 13.2. The van der Waals surface area contributed by atoms with Crippen LogP contribution in [0.25, 0.3) is 20.7 Å². The summed E-state index contributed by atoms with van der Waals surface area (Å²) in [6.07, 6.45) is 3.38. The fourth-order valence-electron chi connectivity index (χ4n) is 3.86. The Bertz CT molecular complexity index is 992. The molecule has 0 spiro atoms. The van der Waals surface area contributed by atoms with E-state index in [4.69, 9.17) is 0 Å². The Balaban J connectivity index is 1.54. The first-order valence-electron chi connectivity index (χ1n) is 10.1. The van der Waals surface area contributed by atoms with Gasteiger partial charge in [0, 0.05) is 37.0 Å². The van der Waals surface area contributed by atoms with Crippen molar-refractivity contribution in [3.05, 3.63) is 42.5 Å². The summed E-state index contributed by atoms with van der Waals surface area (Å²) in [5, 5.41) is 0. The molecular weight excluding hydrogens is 387 g/mol. The summed E-state index contributed by atoms with van der Waals surface area (Å²) in [5.41, 5.74) is 1.87. The van der Waals surface area contributed by atoms with Crippen molar-refractivity contribution in [2.24, 2.45) is 5.92 Å². The van der Waals surface area contributed by atoms with Crippen LogP contribution in [0.5, 0.6) is 0 Å². The van der Waals surface area contributed by atoms with E-state index in [0.29, 0.717) is 0 Å². The lowest BCUT2D eigenvalue weighted by Gasteiger charge is -2.36. The zero-order valence-electron chi connectivity index (χ0n) is 16.8. The molecule has 1 amide bonds. The number of benzene rings is 1. The van der Waals surface area contributed by atoms with E-state index in [0.717, 1.165) is 65.5 Å². The molecule has 7 heteroatoms. The van der Waals surface area contributed by atoms with Gasteiger partial charge in [-0.05, 0) is 36.6 Å². The van der Waals surface area contributed by atoms with Gasteiger partial charge in [0.15, 0.2) is 0 Å². The molecule has 29 heavy (non-hydrogen) atoms. The van der Waals surface area contributed by atoms with Gasteiger partial charge in [0.05, 0.1) is 10.2 Å². The second-order valence-electron chi connectivity index (χ2n) is 7.35. The number of aromatic nitrogens is 2. The van der Waals surface area contributed by atoms with Crippen molar-refractivity contribution in [1.82, 2.24) is 14.9 Å². The summed E-state index contributed by atoms with van der Waals surface area (Å²) >= 11 is 1.63. The van der Waals surface area contributed by atoms with Crippen molar-refractivity contribution in [3.8, 4) is 10.4 Å². The largest absolute Gasteiger partial charge is 0.352 e. The molecule has 0 atom stereocenters. The van der Waals surface area contributed by atoms with Crippen LogP contribution in [0.4, 0.5) is 10.2 Å². The highest BCUT2D eigenvalue weighted by Gasteiger charge is 2.27. The van der Waals surface area contributed by atoms with Gasteiger partial charge in [0.2, 0.25) is 5.91 Å². The Morgan fingerprint density at radius 1 is 1.10 bits per heavy atom. The van der Waals surface area contributed by atoms with Gasteiger partial charge in [-0.1, -0.05) is 26.0 Å². The number of fused-ring (bicyclic) bond motifs is 1. The average molecular weight is 413 g/mol. The van der Waals surface area contributed by atoms with Crippen LogP contribution in [0.1, 0.15) is 26.7 Å². The molecule has 1 aromatic carbocycles. The molecular formula is C22H25FN4OS. The average Bonchev–Trinajstić information content (AvgIpc) is 3.19. The van der Waals surface area contributed by atoms with Crippen LogP contribution < -0.4 is 4.90 Å². The lowest BCUT2D eigenvalue weighted by molar-refractivity contribution is -0.136. The fourth-order valence-corrected chi connectivity index (χ4v) is 4.99. The Morgan fingerprint density at radius 3 is 2.45 bits per heavy atom. The quantitative estimate of drug-likeness (QED) is 0.615. The molecule has 0 saturated carbocycles. The number of piperazine rings is 1. The van der Waals surface area contributed by atoms with Crippen LogP contribution in [0, 0.1) is 11.7 Å². The third-order valence-electron chi connectivity index (χ3n) is 5.65. The number of carbonyl (C=O) groups is 1. The molecule has 1 aliphatic rings. The van der Waals surface area contributed by atoms with Gasteiger partial charge in [-0.25, -0.2) is 14.4 Å². The molecule has 0 bridgehead atoms. The lowest BCUT2D eigenvalue weighted by Crippen LogP contribution is -2.50. The molecule has 152 valence electrons. The van der Waals surface area contributed by atoms with E-state index in [2.05, 4.69) is 28.7 Å². The maximum absolute atomic E-state index is 13.2. The summed E-state index contributed by atoms with van der Waals surface area (Å²) < 4.78 is 14.3. The highest BCUT2D eigenvalue weighted by molar-refractivity contribution is 7.22. The predicted octanol–water partition coefficient (Wildman–Crippen LogP) is 4.58. The monoisotopic (exact) mass is 412 g/mol. The second kappa shape index (κ2) is 8.45. The number of anilines is 1. The smallest absolute Gasteiger partial charge is 0.225 e. The van der Waals surface area contributed by atoms with Gasteiger partial charge in [0.25, 0.3) is 0 Å². The minimum absolute atomic E-state index is 0.128. The van der Waals surface area contributed by atoms with Crippen LogP contribution >= 0.6 is 11.3 Å². The zero-order valence-corrected chi connectivity index (χ0v) is 17.6. The molecule has 1 aliphatic heterocycles. The van der Waals surface area contributed by atoms with Gasteiger partial charge in [-0.3, -0.25) is 4.79 Å². The van der Waals surface area contributed by atoms with Crippen molar-refractivity contribution in [2.75, 3.05) is 31.1 Å². The van der Waals surface area contributed by atoms with Gasteiger partial charge in [-0.2, -0.15) is 0 Å². The van der Waals surface area contributed by atoms with E-state index in [-0.39, 0.29) is 17.6 Å². The number of amides is 1. The first kappa shape index (κ1) is 19.8. The minimum atomic E-state index is -0.240. The van der Waals surface area contributed by atoms with Crippen LogP contribution in [0.2, 0.25) is 0 Å². The van der Waals surface area contributed by atoms with Crippen molar-refractivity contribution in [1.29, 1.82) is 0 Å². The van der Waals surface area contributed by atoms with E-state index >= 15 is 0 Å². The van der Waals surface area contributed by atoms with Crippen molar-refractivity contribution >= 4 is 33.3 Å². The van der Waals surface area contributed by atoms with E-state index in [1.807, 2.05) is 11.0 Å². The Kier molecular flexibility index (Phi) is 5.76. The van der Waals surface area contributed by atoms with E-state index < -0.39 is 0 Å². The minimum Gasteiger partial charge on any atom is -0.352 e. The van der Waals surface area contributed by atoms with E-state index in [9.17, 15) is 9.18 Å². The van der Waals surface area contributed by atoms with Gasteiger partial charge in [-0.15, -0.1) is 11.3 Å². The SMILES string of the molecule is CCC(CC)C(=O)N1CCN(c2ncnc3cc(-c4ccc(F)cc4)sc23)CC1. The first-order valence-corrected chi connectivity index (χ1v) is 11.0. The van der Waals surface area contributed by atoms with Crippen molar-refractivity contribution in [3.63, 3.8) is 0 Å². The molecule has 3 aromatic rings. The topological polar surface area (TPSA) is 49.3 Å². The molecule has 1 fully saturated rings. The first-order chi connectivity index (χ1) is 14.1. The molecule has 1 saturated heterocycles. The molecule has 5 nitrogen and oxygen atoms in total. The molecule has 0 radical (unpaired) electrons. The van der Waals surface area contributed by atoms with Crippen molar-refractivity contribution in [2.45, 2.75) is 26.7 Å². The normalized spacial score (nSPS) is 14.8. The Morgan fingerprint density at radius 2 is 1.79 bits per heavy atom. The van der Waals surface area contributed by atoms with Crippen LogP contribution in [0.3, 0.4) is 0 Å². The molecule has 0 aliphatic carbocycles. The third-order valence-corrected chi connectivity index (χ3v) is 6.82. The lowest BCUT2D eigenvalue weighted by atomic mass is 10.0. The highest BCUT2D eigenvalue weighted by atomic mass is 32.1. The van der Waals surface area contributed by atoms with Crippen LogP contribution in [-0.2, 0) is 4.79 Å². The Labute approximate surface area is 174 Å². The van der Waals surface area contributed by atoms with Gasteiger partial charge in [0.1, 0.15) is 18.0 Å². The number of hydrogen-bond donors (Lipinski definition) is 0. The molecule has 0 N–H and O–H groups in total. The summed E-state index contributed by atoms with van der Waals surface area (Å²) in [4.78, 5) is 26.9. The number of rotatable bonds is 5. The van der Waals surface area contributed by atoms with Gasteiger partial charge < -0.3 is 9.80 Å². The van der Waals surface area contributed by atoms with Crippen LogP contribution in [0.15, 0.2) is 36.7 Å². The van der Waals surface area contributed by atoms with E-state index in [1.54, 1.807) is 29.8 Å². The number of nitrogens with zero attached hydrogens (tertiary/aromatic N) is 4. The van der Waals surface area contributed by atoms with E-state index in [1.165, 1.54) is 12.1 Å². The number of halogens is 1. The zero-order chi connectivity index (χ0) is 20.4. The molecule has 0 unspecified atom stereocenters.